The van der Waals surface area contributed by atoms with Crippen LogP contribution < -0.4 is 0 Å². The molecular weight excluding hydrogens is 251 g/mol. The van der Waals surface area contributed by atoms with E-state index in [0.717, 1.165) is 0 Å². The Morgan fingerprint density at radius 3 is 2.79 bits per heavy atom. The molecule has 0 aliphatic heterocycles. The van der Waals surface area contributed by atoms with Gasteiger partial charge in [-0.25, -0.2) is 4.39 Å². The van der Waals surface area contributed by atoms with Crippen molar-refractivity contribution in [3.05, 3.63) is 35.6 Å². The minimum Gasteiger partial charge on any atom is -0.465 e. The van der Waals surface area contributed by atoms with Crippen LogP contribution in [0.1, 0.15) is 17.3 Å². The van der Waals surface area contributed by atoms with Gasteiger partial charge in [-0.1, -0.05) is 34.1 Å². The zero-order valence-electron chi connectivity index (χ0n) is 7.67. The Morgan fingerprint density at radius 2 is 2.21 bits per heavy atom. The normalized spacial score (nSPS) is 12.2. The van der Waals surface area contributed by atoms with E-state index in [-0.39, 0.29) is 6.61 Å². The Kier molecular flexibility index (Phi) is 4.07. The molecule has 0 amide bonds. The standard InChI is InChI=1S/C10H10BrFO2/c1-2-14-10(13)9(11)7-5-3-4-6-8(7)12/h3-6,9H,2H2,1H3/t9-/m0/s1. The van der Waals surface area contributed by atoms with E-state index in [1.807, 2.05) is 0 Å². The number of benzene rings is 1. The highest BCUT2D eigenvalue weighted by Crippen LogP contribution is 2.26. The highest BCUT2D eigenvalue weighted by Gasteiger charge is 2.20. The fraction of sp³-hybridized carbons (Fsp3) is 0.300. The maximum Gasteiger partial charge on any atom is 0.324 e. The van der Waals surface area contributed by atoms with Gasteiger partial charge in [0.05, 0.1) is 6.61 Å². The molecule has 0 fully saturated rings. The average molecular weight is 261 g/mol. The van der Waals surface area contributed by atoms with Crippen LogP contribution in [0, 0.1) is 5.82 Å². The average Bonchev–Trinajstić information content (AvgIpc) is 2.18. The fourth-order valence-electron chi connectivity index (χ4n) is 1.02. The van der Waals surface area contributed by atoms with Crippen molar-refractivity contribution in [2.75, 3.05) is 6.61 Å². The zero-order chi connectivity index (χ0) is 10.6. The summed E-state index contributed by atoms with van der Waals surface area (Å²) in [6.45, 7) is 1.99. The zero-order valence-corrected chi connectivity index (χ0v) is 9.25. The van der Waals surface area contributed by atoms with Crippen LogP contribution in [0.5, 0.6) is 0 Å². The minimum absolute atomic E-state index is 0.287. The summed E-state index contributed by atoms with van der Waals surface area (Å²) >= 11 is 3.09. The molecule has 0 spiro atoms. The number of rotatable bonds is 3. The van der Waals surface area contributed by atoms with E-state index in [9.17, 15) is 9.18 Å². The van der Waals surface area contributed by atoms with Gasteiger partial charge in [-0.2, -0.15) is 0 Å². The largest absolute Gasteiger partial charge is 0.465 e. The molecule has 0 saturated carbocycles. The molecule has 1 aromatic carbocycles. The first kappa shape index (κ1) is 11.2. The van der Waals surface area contributed by atoms with Crippen LogP contribution in [0.3, 0.4) is 0 Å². The Bertz CT molecular complexity index is 328. The van der Waals surface area contributed by atoms with E-state index < -0.39 is 16.6 Å². The maximum atomic E-state index is 13.2. The molecule has 0 radical (unpaired) electrons. The van der Waals surface area contributed by atoms with E-state index in [2.05, 4.69) is 15.9 Å². The van der Waals surface area contributed by atoms with Gasteiger partial charge in [0.1, 0.15) is 10.6 Å². The number of halogens is 2. The van der Waals surface area contributed by atoms with E-state index in [1.165, 1.54) is 6.07 Å². The first-order chi connectivity index (χ1) is 6.66. The Balaban J connectivity index is 2.84. The summed E-state index contributed by atoms with van der Waals surface area (Å²) in [6.07, 6.45) is 0. The highest BCUT2D eigenvalue weighted by molar-refractivity contribution is 9.09. The van der Waals surface area contributed by atoms with E-state index in [4.69, 9.17) is 4.74 Å². The first-order valence-electron chi connectivity index (χ1n) is 4.22. The lowest BCUT2D eigenvalue weighted by Gasteiger charge is -2.09. The van der Waals surface area contributed by atoms with Crippen molar-refractivity contribution in [2.24, 2.45) is 0 Å². The molecule has 4 heteroatoms. The van der Waals surface area contributed by atoms with Crippen molar-refractivity contribution >= 4 is 21.9 Å². The van der Waals surface area contributed by atoms with Gasteiger partial charge in [0.15, 0.2) is 0 Å². The molecule has 0 N–H and O–H groups in total. The van der Waals surface area contributed by atoms with Crippen LogP contribution >= 0.6 is 15.9 Å². The monoisotopic (exact) mass is 260 g/mol. The Morgan fingerprint density at radius 1 is 1.57 bits per heavy atom. The molecule has 1 rings (SSSR count). The second kappa shape index (κ2) is 5.10. The van der Waals surface area contributed by atoms with Crippen molar-refractivity contribution in [1.82, 2.24) is 0 Å². The lowest BCUT2D eigenvalue weighted by molar-refractivity contribution is -0.142. The molecule has 0 bridgehead atoms. The summed E-state index contributed by atoms with van der Waals surface area (Å²) in [5.74, 6) is -0.889. The summed E-state index contributed by atoms with van der Waals surface area (Å²) < 4.78 is 18.0. The molecule has 1 atom stereocenters. The summed E-state index contributed by atoms with van der Waals surface area (Å²) in [5, 5.41) is 0. The lowest BCUT2D eigenvalue weighted by Crippen LogP contribution is -2.11. The van der Waals surface area contributed by atoms with Crippen LogP contribution in [0.2, 0.25) is 0 Å². The number of esters is 1. The van der Waals surface area contributed by atoms with Crippen molar-refractivity contribution in [3.8, 4) is 0 Å². The molecule has 0 unspecified atom stereocenters. The molecule has 0 aromatic heterocycles. The Hall–Kier alpha value is -0.900. The third-order valence-corrected chi connectivity index (χ3v) is 2.54. The molecule has 0 saturated heterocycles. The summed E-state index contributed by atoms with van der Waals surface area (Å²) in [5.41, 5.74) is 0.297. The van der Waals surface area contributed by atoms with Crippen LogP contribution in [-0.2, 0) is 9.53 Å². The maximum absolute atomic E-state index is 13.2. The van der Waals surface area contributed by atoms with Gasteiger partial charge in [0, 0.05) is 5.56 Å². The second-order valence-corrected chi connectivity index (χ2v) is 3.55. The summed E-state index contributed by atoms with van der Waals surface area (Å²) in [4.78, 5) is 10.5. The SMILES string of the molecule is CCOC(=O)[C@@H](Br)c1ccccc1F. The minimum atomic E-state index is -0.733. The number of hydrogen-bond donors (Lipinski definition) is 0. The predicted octanol–water partition coefficient (Wildman–Crippen LogP) is 2.82. The van der Waals surface area contributed by atoms with Gasteiger partial charge in [-0.05, 0) is 13.0 Å². The molecule has 0 heterocycles. The number of carbonyl (C=O) groups is 1. The van der Waals surface area contributed by atoms with Crippen molar-refractivity contribution in [3.63, 3.8) is 0 Å². The van der Waals surface area contributed by atoms with Crippen LogP contribution in [0.4, 0.5) is 4.39 Å². The molecule has 0 aliphatic carbocycles. The van der Waals surface area contributed by atoms with Crippen molar-refractivity contribution in [1.29, 1.82) is 0 Å². The summed E-state index contributed by atoms with van der Waals surface area (Å²) in [7, 11) is 0. The van der Waals surface area contributed by atoms with Crippen LogP contribution in [0.15, 0.2) is 24.3 Å². The van der Waals surface area contributed by atoms with Gasteiger partial charge >= 0.3 is 5.97 Å². The number of carbonyl (C=O) groups excluding carboxylic acids is 1. The van der Waals surface area contributed by atoms with Gasteiger partial charge in [-0.3, -0.25) is 4.79 Å². The molecule has 1 aromatic rings. The lowest BCUT2D eigenvalue weighted by atomic mass is 10.1. The van der Waals surface area contributed by atoms with Gasteiger partial charge in [0.2, 0.25) is 0 Å². The topological polar surface area (TPSA) is 26.3 Å². The fourth-order valence-corrected chi connectivity index (χ4v) is 1.53. The third kappa shape index (κ3) is 2.54. The van der Waals surface area contributed by atoms with Gasteiger partial charge in [-0.15, -0.1) is 0 Å². The molecule has 2 nitrogen and oxygen atoms in total. The molecular formula is C10H10BrFO2. The molecule has 0 aliphatic rings. The highest BCUT2D eigenvalue weighted by atomic mass is 79.9. The van der Waals surface area contributed by atoms with E-state index in [0.29, 0.717) is 5.56 Å². The summed E-state index contributed by atoms with van der Waals surface area (Å²) in [6, 6.07) is 6.10. The molecule has 76 valence electrons. The van der Waals surface area contributed by atoms with Crippen LogP contribution in [0.25, 0.3) is 0 Å². The Labute approximate surface area is 90.2 Å². The predicted molar refractivity (Wildman–Crippen MR) is 54.7 cm³/mol. The third-order valence-electron chi connectivity index (χ3n) is 1.67. The smallest absolute Gasteiger partial charge is 0.324 e. The number of alkyl halides is 1. The van der Waals surface area contributed by atoms with E-state index in [1.54, 1.807) is 25.1 Å². The number of hydrogen-bond acceptors (Lipinski definition) is 2. The number of ether oxygens (including phenoxy) is 1. The van der Waals surface area contributed by atoms with Gasteiger partial charge in [0.25, 0.3) is 0 Å². The van der Waals surface area contributed by atoms with Crippen molar-refractivity contribution in [2.45, 2.75) is 11.8 Å². The van der Waals surface area contributed by atoms with E-state index >= 15 is 0 Å². The van der Waals surface area contributed by atoms with Crippen LogP contribution in [-0.4, -0.2) is 12.6 Å². The van der Waals surface area contributed by atoms with Crippen molar-refractivity contribution < 1.29 is 13.9 Å². The second-order valence-electron chi connectivity index (χ2n) is 2.64. The first-order valence-corrected chi connectivity index (χ1v) is 5.13. The van der Waals surface area contributed by atoms with Gasteiger partial charge < -0.3 is 4.74 Å². The molecule has 14 heavy (non-hydrogen) atoms. The quantitative estimate of drug-likeness (QED) is 0.617.